The Balaban J connectivity index is 1.50. The molecule has 0 radical (unpaired) electrons. The Morgan fingerprint density at radius 3 is 0.776 bits per heavy atom. The first-order valence-electron chi connectivity index (χ1n) is 16.0. The summed E-state index contributed by atoms with van der Waals surface area (Å²) in [5, 5.41) is 0. The van der Waals surface area contributed by atoms with E-state index in [1.807, 2.05) is 133 Å². The number of benzene rings is 6. The Hall–Kier alpha value is -5.33. The van der Waals surface area contributed by atoms with Gasteiger partial charge in [0, 0.05) is 32.0 Å². The first kappa shape index (κ1) is 31.0. The minimum absolute atomic E-state index is 0.342. The van der Waals surface area contributed by atoms with Gasteiger partial charge < -0.3 is 0 Å². The van der Waals surface area contributed by atoms with Crippen molar-refractivity contribution < 1.29 is 8.42 Å². The normalized spacial score (nSPS) is 11.4. The van der Waals surface area contributed by atoms with Gasteiger partial charge in [-0.05, 0) is 33.4 Å². The van der Waals surface area contributed by atoms with Crippen molar-refractivity contribution in [3.8, 4) is 65.4 Å². The third-order valence-electron chi connectivity index (χ3n) is 8.56. The molecule has 0 saturated carbocycles. The average Bonchev–Trinajstić information content (AvgIpc) is 3.79. The lowest BCUT2D eigenvalue weighted by atomic mass is 9.94. The molecule has 0 spiro atoms. The second-order valence-electron chi connectivity index (χ2n) is 11.6. The highest BCUT2D eigenvalue weighted by molar-refractivity contribution is 7.95. The van der Waals surface area contributed by atoms with Crippen LogP contribution in [0, 0.1) is 0 Å². The highest BCUT2D eigenvalue weighted by Crippen LogP contribution is 2.55. The van der Waals surface area contributed by atoms with Crippen LogP contribution in [0.4, 0.5) is 0 Å². The molecule has 8 aromatic rings. The van der Waals surface area contributed by atoms with E-state index in [0.29, 0.717) is 8.42 Å². The van der Waals surface area contributed by atoms with E-state index in [0.717, 1.165) is 65.4 Å². The largest absolute Gasteiger partial charge is 0.226 e. The van der Waals surface area contributed by atoms with E-state index in [1.54, 1.807) is 0 Å². The van der Waals surface area contributed by atoms with E-state index in [1.165, 1.54) is 22.7 Å². The summed E-state index contributed by atoms with van der Waals surface area (Å²) >= 11 is 2.72. The zero-order valence-electron chi connectivity index (χ0n) is 26.4. The smallest absolute Gasteiger partial charge is 0.217 e. The molecule has 5 heteroatoms. The Labute approximate surface area is 295 Å². The van der Waals surface area contributed by atoms with Crippen LogP contribution in [0.25, 0.3) is 65.4 Å². The molecule has 236 valence electrons. The second-order valence-corrected chi connectivity index (χ2v) is 16.0. The van der Waals surface area contributed by atoms with Gasteiger partial charge in [0.1, 0.15) is 8.42 Å². The molecule has 0 aliphatic rings. The highest BCUT2D eigenvalue weighted by Gasteiger charge is 2.36. The Morgan fingerprint density at radius 1 is 0.286 bits per heavy atom. The zero-order chi connectivity index (χ0) is 33.2. The summed E-state index contributed by atoms with van der Waals surface area (Å²) in [6.45, 7) is 0. The Kier molecular flexibility index (Phi) is 8.40. The topological polar surface area (TPSA) is 34.1 Å². The number of rotatable bonds is 8. The van der Waals surface area contributed by atoms with Crippen LogP contribution in [0.15, 0.2) is 190 Å². The predicted molar refractivity (Wildman–Crippen MR) is 207 cm³/mol. The molecule has 0 aliphatic carbocycles. The summed E-state index contributed by atoms with van der Waals surface area (Å²) in [5.41, 5.74) is 8.94. The van der Waals surface area contributed by atoms with Crippen molar-refractivity contribution >= 4 is 32.5 Å². The molecule has 0 amide bonds. The molecule has 0 saturated heterocycles. The summed E-state index contributed by atoms with van der Waals surface area (Å²) < 4.78 is 32.1. The zero-order valence-corrected chi connectivity index (χ0v) is 28.8. The minimum Gasteiger partial charge on any atom is -0.217 e. The third kappa shape index (κ3) is 5.76. The molecule has 0 N–H and O–H groups in total. The van der Waals surface area contributed by atoms with E-state index < -0.39 is 9.84 Å². The van der Waals surface area contributed by atoms with E-state index in [4.69, 9.17) is 0 Å². The van der Waals surface area contributed by atoms with E-state index in [9.17, 15) is 0 Å². The van der Waals surface area contributed by atoms with Crippen LogP contribution in [0.5, 0.6) is 0 Å². The molecule has 0 fully saturated rings. The van der Waals surface area contributed by atoms with Crippen LogP contribution >= 0.6 is 22.7 Å². The van der Waals surface area contributed by atoms with Gasteiger partial charge in [-0.25, -0.2) is 8.42 Å². The van der Waals surface area contributed by atoms with Gasteiger partial charge in [0.05, 0.1) is 0 Å². The van der Waals surface area contributed by atoms with Crippen molar-refractivity contribution in [1.82, 2.24) is 0 Å². The van der Waals surface area contributed by atoms with Crippen LogP contribution in [0.1, 0.15) is 0 Å². The van der Waals surface area contributed by atoms with Gasteiger partial charge in [0.15, 0.2) is 0 Å². The van der Waals surface area contributed by atoms with Crippen molar-refractivity contribution in [1.29, 1.82) is 0 Å². The summed E-state index contributed by atoms with van der Waals surface area (Å²) in [6.07, 6.45) is 0. The first-order valence-corrected chi connectivity index (χ1v) is 19.1. The molecule has 0 atom stereocenters. The van der Waals surface area contributed by atoms with E-state index >= 15 is 8.42 Å². The molecular weight excluding hydrogens is 657 g/mol. The maximum absolute atomic E-state index is 15.7. The van der Waals surface area contributed by atoms with E-state index in [-0.39, 0.29) is 0 Å². The van der Waals surface area contributed by atoms with Gasteiger partial charge in [-0.3, -0.25) is 0 Å². The molecule has 0 unspecified atom stereocenters. The number of hydrogen-bond donors (Lipinski definition) is 0. The van der Waals surface area contributed by atoms with Crippen molar-refractivity contribution in [3.05, 3.63) is 182 Å². The molecule has 49 heavy (non-hydrogen) atoms. The third-order valence-corrected chi connectivity index (χ3v) is 13.8. The molecule has 8 rings (SSSR count). The lowest BCUT2D eigenvalue weighted by Crippen LogP contribution is -2.02. The Bertz CT molecular complexity index is 2280. The fourth-order valence-corrected chi connectivity index (χ4v) is 11.7. The Morgan fingerprint density at radius 2 is 0.510 bits per heavy atom. The van der Waals surface area contributed by atoms with Gasteiger partial charge in [-0.2, -0.15) is 0 Å². The minimum atomic E-state index is -4.09. The molecule has 6 aromatic carbocycles. The van der Waals surface area contributed by atoms with E-state index in [2.05, 4.69) is 48.5 Å². The maximum atomic E-state index is 15.7. The summed E-state index contributed by atoms with van der Waals surface area (Å²) in [7, 11) is -4.09. The second kappa shape index (κ2) is 13.3. The molecule has 2 aromatic heterocycles. The monoisotopic (exact) mass is 686 g/mol. The quantitative estimate of drug-likeness (QED) is 0.159. The molecule has 2 heterocycles. The summed E-state index contributed by atoms with van der Waals surface area (Å²) in [5.74, 6) is 0. The van der Waals surface area contributed by atoms with Crippen LogP contribution in [0.2, 0.25) is 0 Å². The average molecular weight is 687 g/mol. The van der Waals surface area contributed by atoms with Crippen molar-refractivity contribution in [2.45, 2.75) is 8.42 Å². The van der Waals surface area contributed by atoms with Crippen molar-refractivity contribution in [3.63, 3.8) is 0 Å². The van der Waals surface area contributed by atoms with Crippen molar-refractivity contribution in [2.24, 2.45) is 0 Å². The van der Waals surface area contributed by atoms with Crippen molar-refractivity contribution in [2.75, 3.05) is 0 Å². The van der Waals surface area contributed by atoms with Gasteiger partial charge in [-0.15, -0.1) is 22.7 Å². The van der Waals surface area contributed by atoms with Gasteiger partial charge in [0.25, 0.3) is 0 Å². The SMILES string of the molecule is O=S(=O)(c1sc(-c2ccccc2)c(-c2ccccc2)c1-c1ccccc1)c1sc(-c2ccccc2)c(-c2ccccc2)c1-c1ccccc1. The number of sulfone groups is 1. The molecule has 0 aliphatic heterocycles. The van der Waals surface area contributed by atoms with Crippen LogP contribution in [0.3, 0.4) is 0 Å². The van der Waals surface area contributed by atoms with Crippen LogP contribution < -0.4 is 0 Å². The number of thiophene rings is 2. The molecule has 2 nitrogen and oxygen atoms in total. The lowest BCUT2D eigenvalue weighted by molar-refractivity contribution is 0.600. The lowest BCUT2D eigenvalue weighted by Gasteiger charge is -2.12. The maximum Gasteiger partial charge on any atom is 0.226 e. The first-order chi connectivity index (χ1) is 24.1. The number of hydrogen-bond acceptors (Lipinski definition) is 4. The van der Waals surface area contributed by atoms with Gasteiger partial charge in [0.2, 0.25) is 9.84 Å². The molecular formula is C44H30O2S3. The predicted octanol–water partition coefficient (Wildman–Crippen LogP) is 12.6. The summed E-state index contributed by atoms with van der Waals surface area (Å²) in [4.78, 5) is 1.85. The standard InChI is InChI=1S/C44H30O2S3/c45-49(46,43-39(33-23-11-3-12-24-33)37(31-19-7-1-8-20-31)41(47-43)35-27-15-5-16-28-35)44-40(34-25-13-4-14-26-34)38(32-21-9-2-10-22-32)42(48-44)36-29-17-6-18-30-36/h1-30H. The highest BCUT2D eigenvalue weighted by atomic mass is 32.3. The van der Waals surface area contributed by atoms with Gasteiger partial charge >= 0.3 is 0 Å². The fourth-order valence-electron chi connectivity index (χ4n) is 6.36. The van der Waals surface area contributed by atoms with Crippen LogP contribution in [-0.2, 0) is 9.84 Å². The fraction of sp³-hybridized carbons (Fsp3) is 0. The van der Waals surface area contributed by atoms with Crippen LogP contribution in [-0.4, -0.2) is 8.42 Å². The van der Waals surface area contributed by atoms with Gasteiger partial charge in [-0.1, -0.05) is 182 Å². The molecule has 0 bridgehead atoms. The summed E-state index contributed by atoms with van der Waals surface area (Å²) in [6, 6.07) is 60.4.